The summed E-state index contributed by atoms with van der Waals surface area (Å²) in [5, 5.41) is 20.4. The van der Waals surface area contributed by atoms with Crippen molar-refractivity contribution >= 4 is 28.0 Å². The molecule has 3 N–H and O–H groups in total. The van der Waals surface area contributed by atoms with Crippen LogP contribution in [-0.2, 0) is 18.4 Å². The SMILES string of the molecule is CC#CCn1c(C(O)C(O)CSC(C)=O)nc2c1c(=O)[nH]c(=O)n2C. The minimum absolute atomic E-state index is 0.00102. The standard InChI is InChI=1S/C15H18N4O5S/c1-4-5-6-19-10-12(18(3)15(24)17-14(10)23)16-13(19)11(22)9(21)7-25-8(2)20/h9,11,21-22H,6-7H2,1-3H3,(H,17,23,24). The van der Waals surface area contributed by atoms with Gasteiger partial charge in [-0.3, -0.25) is 19.1 Å². The second-order valence-electron chi connectivity index (χ2n) is 5.29. The molecule has 25 heavy (non-hydrogen) atoms. The van der Waals surface area contributed by atoms with E-state index in [2.05, 4.69) is 21.8 Å². The van der Waals surface area contributed by atoms with E-state index >= 15 is 0 Å². The van der Waals surface area contributed by atoms with Gasteiger partial charge in [0.15, 0.2) is 16.3 Å². The molecule has 0 aliphatic heterocycles. The summed E-state index contributed by atoms with van der Waals surface area (Å²) in [6, 6.07) is 0. The Morgan fingerprint density at radius 1 is 1.40 bits per heavy atom. The molecule has 0 aliphatic carbocycles. The third kappa shape index (κ3) is 3.84. The second-order valence-corrected chi connectivity index (χ2v) is 6.49. The Morgan fingerprint density at radius 3 is 2.68 bits per heavy atom. The molecule has 0 spiro atoms. The number of carbonyl (C=O) groups is 1. The summed E-state index contributed by atoms with van der Waals surface area (Å²) >= 11 is 0.865. The van der Waals surface area contributed by atoms with Gasteiger partial charge < -0.3 is 14.8 Å². The number of H-pyrrole nitrogens is 1. The summed E-state index contributed by atoms with van der Waals surface area (Å²) in [5.41, 5.74) is -1.15. The molecule has 0 amide bonds. The maximum Gasteiger partial charge on any atom is 0.329 e. The lowest BCUT2D eigenvalue weighted by Gasteiger charge is -2.17. The van der Waals surface area contributed by atoms with Crippen molar-refractivity contribution in [1.29, 1.82) is 0 Å². The van der Waals surface area contributed by atoms with Crippen LogP contribution in [0.5, 0.6) is 0 Å². The Kier molecular flexibility index (Phi) is 5.84. The fourth-order valence-corrected chi connectivity index (χ4v) is 2.85. The molecule has 0 fully saturated rings. The molecular formula is C15H18N4O5S. The lowest BCUT2D eigenvalue weighted by molar-refractivity contribution is -0.109. The Hall–Kier alpha value is -2.35. The minimum Gasteiger partial charge on any atom is -0.389 e. The van der Waals surface area contributed by atoms with Gasteiger partial charge in [-0.05, 0) is 6.92 Å². The molecule has 10 heteroatoms. The van der Waals surface area contributed by atoms with E-state index in [1.54, 1.807) is 6.92 Å². The van der Waals surface area contributed by atoms with Gasteiger partial charge in [0.05, 0.1) is 12.6 Å². The van der Waals surface area contributed by atoms with E-state index in [9.17, 15) is 24.6 Å². The zero-order chi connectivity index (χ0) is 18.7. The number of aryl methyl sites for hydroxylation is 1. The smallest absolute Gasteiger partial charge is 0.329 e. The van der Waals surface area contributed by atoms with Gasteiger partial charge in [0, 0.05) is 19.7 Å². The van der Waals surface area contributed by atoms with Crippen LogP contribution in [0.15, 0.2) is 9.59 Å². The summed E-state index contributed by atoms with van der Waals surface area (Å²) < 4.78 is 2.50. The lowest BCUT2D eigenvalue weighted by Crippen LogP contribution is -2.29. The van der Waals surface area contributed by atoms with Gasteiger partial charge >= 0.3 is 5.69 Å². The van der Waals surface area contributed by atoms with E-state index < -0.39 is 23.5 Å². The summed E-state index contributed by atoms with van der Waals surface area (Å²) in [6.45, 7) is 3.02. The number of nitrogens with zero attached hydrogens (tertiary/aromatic N) is 3. The first-order chi connectivity index (χ1) is 11.8. The Morgan fingerprint density at radius 2 is 2.08 bits per heavy atom. The van der Waals surface area contributed by atoms with Crippen LogP contribution in [0.25, 0.3) is 11.2 Å². The van der Waals surface area contributed by atoms with Crippen molar-refractivity contribution in [2.45, 2.75) is 32.6 Å². The maximum atomic E-state index is 12.2. The number of thioether (sulfide) groups is 1. The highest BCUT2D eigenvalue weighted by atomic mass is 32.2. The largest absolute Gasteiger partial charge is 0.389 e. The summed E-state index contributed by atoms with van der Waals surface area (Å²) in [7, 11) is 1.43. The Balaban J connectivity index is 2.61. The maximum absolute atomic E-state index is 12.2. The van der Waals surface area contributed by atoms with Crippen LogP contribution in [-0.4, -0.2) is 46.3 Å². The fourth-order valence-electron chi connectivity index (χ4n) is 2.26. The van der Waals surface area contributed by atoms with Crippen LogP contribution < -0.4 is 11.2 Å². The van der Waals surface area contributed by atoms with Crippen LogP contribution >= 0.6 is 11.8 Å². The number of nitrogens with one attached hydrogen (secondary N) is 1. The highest BCUT2D eigenvalue weighted by Gasteiger charge is 2.27. The van der Waals surface area contributed by atoms with E-state index in [0.717, 1.165) is 16.3 Å². The quantitative estimate of drug-likeness (QED) is 0.586. The van der Waals surface area contributed by atoms with Crippen molar-refractivity contribution in [2.24, 2.45) is 7.05 Å². The Labute approximate surface area is 146 Å². The molecule has 2 aromatic heterocycles. The first-order valence-electron chi connectivity index (χ1n) is 7.36. The predicted molar refractivity (Wildman–Crippen MR) is 93.2 cm³/mol. The normalized spacial score (nSPS) is 13.3. The highest BCUT2D eigenvalue weighted by molar-refractivity contribution is 8.13. The number of imidazole rings is 1. The van der Waals surface area contributed by atoms with Crippen LogP contribution in [0.4, 0.5) is 0 Å². The fraction of sp³-hybridized carbons (Fsp3) is 0.467. The first kappa shape index (κ1) is 19.0. The third-order valence-electron chi connectivity index (χ3n) is 3.54. The van der Waals surface area contributed by atoms with Gasteiger partial charge in [0.1, 0.15) is 11.9 Å². The number of aliphatic hydroxyl groups is 2. The van der Waals surface area contributed by atoms with Crippen molar-refractivity contribution in [3.05, 3.63) is 26.7 Å². The van der Waals surface area contributed by atoms with Crippen LogP contribution in [0, 0.1) is 11.8 Å². The van der Waals surface area contributed by atoms with E-state index in [1.807, 2.05) is 0 Å². The molecule has 0 saturated heterocycles. The second kappa shape index (κ2) is 7.69. The molecule has 9 nitrogen and oxygen atoms in total. The molecule has 134 valence electrons. The van der Waals surface area contributed by atoms with Crippen LogP contribution in [0.3, 0.4) is 0 Å². The van der Waals surface area contributed by atoms with Gasteiger partial charge in [-0.25, -0.2) is 9.78 Å². The topological polar surface area (TPSA) is 130 Å². The molecular weight excluding hydrogens is 348 g/mol. The third-order valence-corrected chi connectivity index (χ3v) is 4.45. The summed E-state index contributed by atoms with van der Waals surface area (Å²) in [4.78, 5) is 41.3. The van der Waals surface area contributed by atoms with Gasteiger partial charge in [-0.2, -0.15) is 0 Å². The van der Waals surface area contributed by atoms with E-state index in [4.69, 9.17) is 0 Å². The Bertz CT molecular complexity index is 978. The molecule has 2 atom stereocenters. The molecule has 2 heterocycles. The lowest BCUT2D eigenvalue weighted by atomic mass is 10.2. The first-order valence-corrected chi connectivity index (χ1v) is 8.35. The van der Waals surface area contributed by atoms with Gasteiger partial charge in [0.2, 0.25) is 0 Å². The molecule has 0 aliphatic rings. The van der Waals surface area contributed by atoms with E-state index in [-0.39, 0.29) is 34.4 Å². The zero-order valence-corrected chi connectivity index (χ0v) is 14.8. The highest BCUT2D eigenvalue weighted by Crippen LogP contribution is 2.22. The molecule has 2 rings (SSSR count). The van der Waals surface area contributed by atoms with Gasteiger partial charge in [-0.15, -0.1) is 5.92 Å². The van der Waals surface area contributed by atoms with Crippen LogP contribution in [0.2, 0.25) is 0 Å². The van der Waals surface area contributed by atoms with E-state index in [0.29, 0.717) is 0 Å². The molecule has 0 aromatic carbocycles. The number of aromatic nitrogens is 4. The number of carbonyl (C=O) groups excluding carboxylic acids is 1. The molecule has 2 unspecified atom stereocenters. The molecule has 0 saturated carbocycles. The summed E-state index contributed by atoms with van der Waals surface area (Å²) in [5.74, 6) is 5.42. The van der Waals surface area contributed by atoms with Crippen LogP contribution in [0.1, 0.15) is 25.8 Å². The van der Waals surface area contributed by atoms with Crippen molar-refractivity contribution in [2.75, 3.05) is 5.75 Å². The molecule has 2 aromatic rings. The number of aliphatic hydroxyl groups excluding tert-OH is 2. The zero-order valence-electron chi connectivity index (χ0n) is 13.9. The van der Waals surface area contributed by atoms with Crippen molar-refractivity contribution in [3.8, 4) is 11.8 Å². The minimum atomic E-state index is -1.45. The van der Waals surface area contributed by atoms with Gasteiger partial charge in [0.25, 0.3) is 5.56 Å². The van der Waals surface area contributed by atoms with Crippen molar-refractivity contribution < 1.29 is 15.0 Å². The number of hydrogen-bond donors (Lipinski definition) is 3. The van der Waals surface area contributed by atoms with E-state index in [1.165, 1.54) is 18.5 Å². The molecule has 0 radical (unpaired) electrons. The van der Waals surface area contributed by atoms with Crippen molar-refractivity contribution in [1.82, 2.24) is 19.1 Å². The number of aromatic amines is 1. The predicted octanol–water partition coefficient (Wildman–Crippen LogP) is -0.879. The number of rotatable bonds is 5. The molecule has 0 bridgehead atoms. The number of hydrogen-bond acceptors (Lipinski definition) is 7. The average Bonchev–Trinajstić information content (AvgIpc) is 2.95. The van der Waals surface area contributed by atoms with Gasteiger partial charge in [-0.1, -0.05) is 17.7 Å². The average molecular weight is 366 g/mol. The number of fused-ring (bicyclic) bond motifs is 1. The monoisotopic (exact) mass is 366 g/mol. The van der Waals surface area contributed by atoms with Crippen molar-refractivity contribution in [3.63, 3.8) is 0 Å². The summed E-state index contributed by atoms with van der Waals surface area (Å²) in [6.07, 6.45) is -2.73.